The van der Waals surface area contributed by atoms with Gasteiger partial charge in [0, 0.05) is 23.4 Å². The summed E-state index contributed by atoms with van der Waals surface area (Å²) in [5.41, 5.74) is 8.10. The Bertz CT molecular complexity index is 645. The minimum atomic E-state index is -0.432. The van der Waals surface area contributed by atoms with Crippen molar-refractivity contribution in [3.8, 4) is 11.3 Å². The SMILES string of the molecule is CCC(C)C(N)C(=O)NCCc1nc(-c2ccccc2)c(C)s1.Cl. The summed E-state index contributed by atoms with van der Waals surface area (Å²) in [6, 6.07) is 9.74. The molecule has 1 amide bonds. The van der Waals surface area contributed by atoms with Crippen LogP contribution < -0.4 is 11.1 Å². The fourth-order valence-electron chi connectivity index (χ4n) is 2.34. The van der Waals surface area contributed by atoms with Gasteiger partial charge in [-0.25, -0.2) is 4.98 Å². The van der Waals surface area contributed by atoms with E-state index in [1.807, 2.05) is 32.0 Å². The number of hydrogen-bond acceptors (Lipinski definition) is 4. The summed E-state index contributed by atoms with van der Waals surface area (Å²) >= 11 is 1.69. The zero-order valence-corrected chi connectivity index (χ0v) is 16.0. The molecule has 0 aliphatic carbocycles. The molecule has 6 heteroatoms. The van der Waals surface area contributed by atoms with E-state index >= 15 is 0 Å². The second kappa shape index (κ2) is 9.77. The number of hydrogen-bond donors (Lipinski definition) is 2. The summed E-state index contributed by atoms with van der Waals surface area (Å²) in [5, 5.41) is 3.96. The summed E-state index contributed by atoms with van der Waals surface area (Å²) in [6.45, 7) is 6.70. The molecule has 2 aromatic rings. The van der Waals surface area contributed by atoms with Crippen molar-refractivity contribution in [1.29, 1.82) is 0 Å². The minimum Gasteiger partial charge on any atom is -0.354 e. The van der Waals surface area contributed by atoms with Gasteiger partial charge < -0.3 is 11.1 Å². The average molecular weight is 368 g/mol. The van der Waals surface area contributed by atoms with Crippen molar-refractivity contribution < 1.29 is 4.79 Å². The molecule has 0 aliphatic heterocycles. The van der Waals surface area contributed by atoms with Crippen LogP contribution in [0.2, 0.25) is 0 Å². The third-order valence-electron chi connectivity index (χ3n) is 4.09. The molecule has 132 valence electrons. The zero-order chi connectivity index (χ0) is 16.8. The van der Waals surface area contributed by atoms with Gasteiger partial charge in [-0.3, -0.25) is 4.79 Å². The van der Waals surface area contributed by atoms with Crippen molar-refractivity contribution in [2.45, 2.75) is 39.7 Å². The fraction of sp³-hybridized carbons (Fsp3) is 0.444. The number of benzene rings is 1. The molecule has 0 saturated carbocycles. The summed E-state index contributed by atoms with van der Waals surface area (Å²) in [6.07, 6.45) is 1.64. The van der Waals surface area contributed by atoms with Crippen LogP contribution in [0.25, 0.3) is 11.3 Å². The van der Waals surface area contributed by atoms with Gasteiger partial charge in [-0.05, 0) is 12.8 Å². The summed E-state index contributed by atoms with van der Waals surface area (Å²) in [5.74, 6) is 0.123. The van der Waals surface area contributed by atoms with E-state index in [1.165, 1.54) is 4.88 Å². The monoisotopic (exact) mass is 367 g/mol. The normalized spacial score (nSPS) is 13.0. The summed E-state index contributed by atoms with van der Waals surface area (Å²) < 4.78 is 0. The number of aromatic nitrogens is 1. The van der Waals surface area contributed by atoms with Crippen molar-refractivity contribution in [3.63, 3.8) is 0 Å². The van der Waals surface area contributed by atoms with Gasteiger partial charge in [-0.15, -0.1) is 23.7 Å². The largest absolute Gasteiger partial charge is 0.354 e. The first-order valence-electron chi connectivity index (χ1n) is 8.08. The number of halogens is 1. The van der Waals surface area contributed by atoms with E-state index in [4.69, 9.17) is 10.7 Å². The Balaban J connectivity index is 0.00000288. The maximum Gasteiger partial charge on any atom is 0.237 e. The Morgan fingerprint density at radius 3 is 2.62 bits per heavy atom. The van der Waals surface area contributed by atoms with Gasteiger partial charge in [0.05, 0.1) is 16.7 Å². The standard InChI is InChI=1S/C18H25N3OS.ClH/c1-4-12(2)16(19)18(22)20-11-10-15-21-17(13(3)23-15)14-8-6-5-7-9-14;/h5-9,12,16H,4,10-11,19H2,1-3H3,(H,20,22);1H. The fourth-order valence-corrected chi connectivity index (χ4v) is 3.30. The smallest absolute Gasteiger partial charge is 0.237 e. The van der Waals surface area contributed by atoms with Gasteiger partial charge in [0.2, 0.25) is 5.91 Å². The molecule has 0 spiro atoms. The first kappa shape index (κ1) is 20.6. The number of nitrogens with zero attached hydrogens (tertiary/aromatic N) is 1. The number of rotatable bonds is 7. The zero-order valence-electron chi connectivity index (χ0n) is 14.4. The molecule has 0 saturated heterocycles. The minimum absolute atomic E-state index is 0. The van der Waals surface area contributed by atoms with Crippen LogP contribution in [0.1, 0.15) is 30.2 Å². The molecular formula is C18H26ClN3OS. The molecule has 24 heavy (non-hydrogen) atoms. The second-order valence-electron chi connectivity index (χ2n) is 5.83. The highest BCUT2D eigenvalue weighted by molar-refractivity contribution is 7.12. The Labute approximate surface area is 154 Å². The molecule has 2 rings (SSSR count). The van der Waals surface area contributed by atoms with Crippen LogP contribution in [0.4, 0.5) is 0 Å². The van der Waals surface area contributed by atoms with Crippen molar-refractivity contribution in [3.05, 3.63) is 40.2 Å². The van der Waals surface area contributed by atoms with Crippen LogP contribution in [-0.2, 0) is 11.2 Å². The number of thiazole rings is 1. The lowest BCUT2D eigenvalue weighted by molar-refractivity contribution is -0.123. The van der Waals surface area contributed by atoms with Crippen LogP contribution in [0, 0.1) is 12.8 Å². The molecule has 2 atom stereocenters. The van der Waals surface area contributed by atoms with E-state index in [-0.39, 0.29) is 24.2 Å². The van der Waals surface area contributed by atoms with Crippen LogP contribution in [0.5, 0.6) is 0 Å². The van der Waals surface area contributed by atoms with E-state index in [2.05, 4.69) is 24.4 Å². The van der Waals surface area contributed by atoms with E-state index < -0.39 is 6.04 Å². The first-order chi connectivity index (χ1) is 11.0. The summed E-state index contributed by atoms with van der Waals surface area (Å²) in [7, 11) is 0. The lowest BCUT2D eigenvalue weighted by atomic mass is 9.99. The predicted molar refractivity (Wildman–Crippen MR) is 104 cm³/mol. The molecule has 2 unspecified atom stereocenters. The number of carbonyl (C=O) groups is 1. The predicted octanol–water partition coefficient (Wildman–Crippen LogP) is 3.57. The Hall–Kier alpha value is -1.43. The highest BCUT2D eigenvalue weighted by Crippen LogP contribution is 2.27. The van der Waals surface area contributed by atoms with Crippen LogP contribution in [0.3, 0.4) is 0 Å². The van der Waals surface area contributed by atoms with Crippen LogP contribution in [0.15, 0.2) is 30.3 Å². The van der Waals surface area contributed by atoms with Crippen LogP contribution >= 0.6 is 23.7 Å². The highest BCUT2D eigenvalue weighted by atomic mass is 35.5. The number of aryl methyl sites for hydroxylation is 1. The van der Waals surface area contributed by atoms with Gasteiger partial charge in [0.1, 0.15) is 0 Å². The third kappa shape index (κ3) is 5.30. The molecule has 0 radical (unpaired) electrons. The average Bonchev–Trinajstić information content (AvgIpc) is 2.94. The van der Waals surface area contributed by atoms with Gasteiger partial charge in [-0.2, -0.15) is 0 Å². The quantitative estimate of drug-likeness (QED) is 0.786. The van der Waals surface area contributed by atoms with Gasteiger partial charge in [-0.1, -0.05) is 50.6 Å². The molecular weight excluding hydrogens is 342 g/mol. The van der Waals surface area contributed by atoms with E-state index in [0.29, 0.717) is 6.54 Å². The second-order valence-corrected chi connectivity index (χ2v) is 7.12. The Kier molecular flexibility index (Phi) is 8.39. The van der Waals surface area contributed by atoms with E-state index in [1.54, 1.807) is 11.3 Å². The Morgan fingerprint density at radius 1 is 1.33 bits per heavy atom. The number of carbonyl (C=O) groups excluding carboxylic acids is 1. The number of nitrogens with one attached hydrogen (secondary N) is 1. The van der Waals surface area contributed by atoms with Crippen molar-refractivity contribution in [1.82, 2.24) is 10.3 Å². The van der Waals surface area contributed by atoms with E-state index in [0.717, 1.165) is 29.1 Å². The van der Waals surface area contributed by atoms with Crippen molar-refractivity contribution in [2.24, 2.45) is 11.7 Å². The number of nitrogens with two attached hydrogens (primary N) is 1. The van der Waals surface area contributed by atoms with Gasteiger partial charge >= 0.3 is 0 Å². The maximum absolute atomic E-state index is 12.0. The van der Waals surface area contributed by atoms with Gasteiger partial charge in [0.15, 0.2) is 0 Å². The Morgan fingerprint density at radius 2 is 2.00 bits per heavy atom. The lowest BCUT2D eigenvalue weighted by Crippen LogP contribution is -2.45. The van der Waals surface area contributed by atoms with E-state index in [9.17, 15) is 4.79 Å². The third-order valence-corrected chi connectivity index (χ3v) is 5.12. The molecule has 0 bridgehead atoms. The maximum atomic E-state index is 12.0. The summed E-state index contributed by atoms with van der Waals surface area (Å²) in [4.78, 5) is 17.9. The molecule has 3 N–H and O–H groups in total. The highest BCUT2D eigenvalue weighted by Gasteiger charge is 2.19. The lowest BCUT2D eigenvalue weighted by Gasteiger charge is -2.17. The molecule has 1 aromatic heterocycles. The molecule has 4 nitrogen and oxygen atoms in total. The molecule has 1 aromatic carbocycles. The molecule has 0 aliphatic rings. The molecule has 0 fully saturated rings. The first-order valence-corrected chi connectivity index (χ1v) is 8.89. The van der Waals surface area contributed by atoms with Crippen molar-refractivity contribution >= 4 is 29.7 Å². The number of amides is 1. The van der Waals surface area contributed by atoms with Crippen LogP contribution in [-0.4, -0.2) is 23.5 Å². The van der Waals surface area contributed by atoms with Crippen molar-refractivity contribution in [2.75, 3.05) is 6.54 Å². The topological polar surface area (TPSA) is 68.0 Å². The van der Waals surface area contributed by atoms with Gasteiger partial charge in [0.25, 0.3) is 0 Å². The molecule has 1 heterocycles.